The minimum atomic E-state index is 0.616. The van der Waals surface area contributed by atoms with E-state index in [9.17, 15) is 0 Å². The molecule has 0 saturated heterocycles. The van der Waals surface area contributed by atoms with Crippen LogP contribution in [-0.2, 0) is 32.1 Å². The normalized spacial score (nSPS) is 25.5. The molecule has 0 radical (unpaired) electrons. The fourth-order valence-corrected chi connectivity index (χ4v) is 3.71. The fourth-order valence-electron chi connectivity index (χ4n) is 3.71. The molecule has 1 aromatic rings. The summed E-state index contributed by atoms with van der Waals surface area (Å²) < 4.78 is 0. The third-order valence-electron chi connectivity index (χ3n) is 4.35. The lowest BCUT2D eigenvalue weighted by Crippen LogP contribution is -2.00. The lowest BCUT2D eigenvalue weighted by atomic mass is 9.92. The molecule has 88 valence electrons. The molecule has 2 aliphatic rings. The molecule has 2 unspecified atom stereocenters. The smallest absolute Gasteiger partial charge is 0.0669 e. The van der Waals surface area contributed by atoms with Gasteiger partial charge in [-0.2, -0.15) is 5.26 Å². The van der Waals surface area contributed by atoms with Gasteiger partial charge in [0.05, 0.1) is 12.5 Å². The Morgan fingerprint density at radius 3 is 2.06 bits per heavy atom. The van der Waals surface area contributed by atoms with Crippen LogP contribution in [0.4, 0.5) is 0 Å². The average molecular weight is 225 g/mol. The molecule has 3 rings (SSSR count). The quantitative estimate of drug-likeness (QED) is 0.720. The number of hydrogen-bond donors (Lipinski definition) is 0. The molecule has 0 heterocycles. The third kappa shape index (κ3) is 1.67. The summed E-state index contributed by atoms with van der Waals surface area (Å²) in [4.78, 5) is 0. The maximum atomic E-state index is 9.06. The third-order valence-corrected chi connectivity index (χ3v) is 4.35. The topological polar surface area (TPSA) is 23.8 Å². The molecule has 1 heteroatoms. The minimum absolute atomic E-state index is 0.616. The first-order valence-corrected chi connectivity index (χ1v) is 6.71. The molecule has 1 nitrogen and oxygen atoms in total. The molecule has 2 atom stereocenters. The highest BCUT2D eigenvalue weighted by Crippen LogP contribution is 2.38. The molecule has 0 amide bonds. The molecule has 2 aliphatic carbocycles. The molecule has 0 saturated carbocycles. The van der Waals surface area contributed by atoms with Crippen molar-refractivity contribution in [2.24, 2.45) is 11.8 Å². The van der Waals surface area contributed by atoms with Crippen LogP contribution in [0, 0.1) is 23.2 Å². The van der Waals surface area contributed by atoms with E-state index in [2.05, 4.69) is 26.0 Å². The van der Waals surface area contributed by atoms with Gasteiger partial charge in [0.25, 0.3) is 0 Å². The first kappa shape index (κ1) is 10.8. The van der Waals surface area contributed by atoms with Gasteiger partial charge in [0.2, 0.25) is 0 Å². The fraction of sp³-hybridized carbons (Fsp3) is 0.562. The summed E-state index contributed by atoms with van der Waals surface area (Å²) in [5.74, 6) is 1.53. The molecular weight excluding hydrogens is 206 g/mol. The van der Waals surface area contributed by atoms with E-state index in [1.54, 1.807) is 0 Å². The van der Waals surface area contributed by atoms with Crippen molar-refractivity contribution in [3.63, 3.8) is 0 Å². The second-order valence-electron chi connectivity index (χ2n) is 5.99. The highest BCUT2D eigenvalue weighted by Gasteiger charge is 2.28. The largest absolute Gasteiger partial charge is 0.198 e. The average Bonchev–Trinajstić information content (AvgIpc) is 2.79. The van der Waals surface area contributed by atoms with Crippen LogP contribution in [0.3, 0.4) is 0 Å². The molecular formula is C16H19N. The zero-order valence-corrected chi connectivity index (χ0v) is 10.7. The van der Waals surface area contributed by atoms with E-state index in [0.717, 1.165) is 11.8 Å². The summed E-state index contributed by atoms with van der Waals surface area (Å²) >= 11 is 0. The summed E-state index contributed by atoms with van der Waals surface area (Å²) in [5, 5.41) is 9.06. The lowest BCUT2D eigenvalue weighted by molar-refractivity contribution is 0.618. The van der Waals surface area contributed by atoms with E-state index in [-0.39, 0.29) is 0 Å². The molecule has 0 bridgehead atoms. The van der Waals surface area contributed by atoms with Crippen molar-refractivity contribution in [1.29, 1.82) is 5.26 Å². The molecule has 0 N–H and O–H groups in total. The maximum absolute atomic E-state index is 9.06. The van der Waals surface area contributed by atoms with E-state index in [1.165, 1.54) is 53.5 Å². The Labute approximate surface area is 103 Å². The number of nitrogens with zero attached hydrogens (tertiary/aromatic N) is 1. The number of hydrogen-bond acceptors (Lipinski definition) is 1. The summed E-state index contributed by atoms with van der Waals surface area (Å²) in [7, 11) is 0. The van der Waals surface area contributed by atoms with Gasteiger partial charge in [0, 0.05) is 0 Å². The Balaban J connectivity index is 2.15. The van der Waals surface area contributed by atoms with Gasteiger partial charge in [0.1, 0.15) is 0 Å². The van der Waals surface area contributed by atoms with E-state index in [1.807, 2.05) is 0 Å². The van der Waals surface area contributed by atoms with Crippen LogP contribution in [0.2, 0.25) is 0 Å². The highest BCUT2D eigenvalue weighted by atomic mass is 14.3. The van der Waals surface area contributed by atoms with Gasteiger partial charge >= 0.3 is 0 Å². The summed E-state index contributed by atoms with van der Waals surface area (Å²) in [6.07, 6.45) is 5.43. The minimum Gasteiger partial charge on any atom is -0.198 e. The van der Waals surface area contributed by atoms with Gasteiger partial charge < -0.3 is 0 Å². The van der Waals surface area contributed by atoms with E-state index < -0.39 is 0 Å². The molecule has 1 aromatic carbocycles. The predicted octanol–water partition coefficient (Wildman–Crippen LogP) is 3.22. The van der Waals surface area contributed by atoms with Crippen molar-refractivity contribution in [2.45, 2.75) is 46.0 Å². The van der Waals surface area contributed by atoms with Crippen LogP contribution < -0.4 is 0 Å². The standard InChI is InChI=1S/C16H19N/c1-10-5-12-9-13-6-11(2)8-16(13)14(3-4-17)15(12)7-10/h9-11H,3,5-8H2,1-2H3. The van der Waals surface area contributed by atoms with Crippen molar-refractivity contribution < 1.29 is 0 Å². The van der Waals surface area contributed by atoms with Crippen LogP contribution >= 0.6 is 0 Å². The predicted molar refractivity (Wildman–Crippen MR) is 68.9 cm³/mol. The van der Waals surface area contributed by atoms with Gasteiger partial charge in [-0.25, -0.2) is 0 Å². The van der Waals surface area contributed by atoms with Crippen LogP contribution in [0.5, 0.6) is 0 Å². The zero-order valence-electron chi connectivity index (χ0n) is 10.7. The molecule has 0 aliphatic heterocycles. The Hall–Kier alpha value is -1.29. The second kappa shape index (κ2) is 3.88. The summed E-state index contributed by atoms with van der Waals surface area (Å²) in [6, 6.07) is 4.82. The summed E-state index contributed by atoms with van der Waals surface area (Å²) in [6.45, 7) is 4.65. The first-order valence-electron chi connectivity index (χ1n) is 6.71. The number of fused-ring (bicyclic) bond motifs is 2. The van der Waals surface area contributed by atoms with Crippen LogP contribution in [-0.4, -0.2) is 0 Å². The van der Waals surface area contributed by atoms with Gasteiger partial charge in [0.15, 0.2) is 0 Å². The van der Waals surface area contributed by atoms with Crippen LogP contribution in [0.15, 0.2) is 6.07 Å². The molecule has 0 spiro atoms. The molecule has 17 heavy (non-hydrogen) atoms. The Kier molecular flexibility index (Phi) is 2.47. The Morgan fingerprint density at radius 1 is 1.06 bits per heavy atom. The van der Waals surface area contributed by atoms with Gasteiger partial charge in [-0.15, -0.1) is 0 Å². The van der Waals surface area contributed by atoms with Crippen molar-refractivity contribution in [3.8, 4) is 6.07 Å². The SMILES string of the molecule is CC1Cc2cc3c(c(CC#N)c2C1)CC(C)C3. The van der Waals surface area contributed by atoms with Crippen molar-refractivity contribution in [3.05, 3.63) is 33.9 Å². The monoisotopic (exact) mass is 225 g/mol. The number of nitriles is 1. The zero-order chi connectivity index (χ0) is 12.0. The van der Waals surface area contributed by atoms with Crippen molar-refractivity contribution >= 4 is 0 Å². The van der Waals surface area contributed by atoms with E-state index >= 15 is 0 Å². The maximum Gasteiger partial charge on any atom is 0.0669 e. The van der Waals surface area contributed by atoms with Gasteiger partial charge in [-0.3, -0.25) is 0 Å². The molecule has 0 aromatic heterocycles. The highest BCUT2D eigenvalue weighted by molar-refractivity contribution is 5.51. The lowest BCUT2D eigenvalue weighted by Gasteiger charge is -2.12. The van der Waals surface area contributed by atoms with Crippen molar-refractivity contribution in [1.82, 2.24) is 0 Å². The Bertz CT molecular complexity index is 471. The summed E-state index contributed by atoms with van der Waals surface area (Å²) in [5.41, 5.74) is 7.51. The van der Waals surface area contributed by atoms with Crippen molar-refractivity contribution in [2.75, 3.05) is 0 Å². The number of rotatable bonds is 1. The Morgan fingerprint density at radius 2 is 1.59 bits per heavy atom. The van der Waals surface area contributed by atoms with Gasteiger partial charge in [-0.1, -0.05) is 19.9 Å². The van der Waals surface area contributed by atoms with Crippen LogP contribution in [0.25, 0.3) is 0 Å². The second-order valence-corrected chi connectivity index (χ2v) is 5.99. The van der Waals surface area contributed by atoms with E-state index in [4.69, 9.17) is 5.26 Å². The van der Waals surface area contributed by atoms with Crippen LogP contribution in [0.1, 0.15) is 41.7 Å². The van der Waals surface area contributed by atoms with Gasteiger partial charge in [-0.05, 0) is 65.3 Å². The first-order chi connectivity index (χ1) is 8.19. The molecule has 0 fully saturated rings. The van der Waals surface area contributed by atoms with E-state index in [0.29, 0.717) is 6.42 Å². The number of benzene rings is 1.